The molecule has 0 N–H and O–H groups in total. The van der Waals surface area contributed by atoms with Gasteiger partial charge in [0.05, 0.1) is 0 Å². The maximum atomic E-state index is 9.66. The second-order valence-corrected chi connectivity index (χ2v) is 9.60. The molecule has 0 saturated carbocycles. The lowest BCUT2D eigenvalue weighted by atomic mass is 9.96. The van der Waals surface area contributed by atoms with Crippen LogP contribution in [0.1, 0.15) is 16.0 Å². The largest absolute Gasteiger partial charge is 0.192 e. The Hall–Kier alpha value is -4.72. The van der Waals surface area contributed by atoms with Gasteiger partial charge in [0.2, 0.25) is 0 Å². The summed E-state index contributed by atoms with van der Waals surface area (Å²) in [6.45, 7) is 0. The van der Waals surface area contributed by atoms with Gasteiger partial charge in [0.1, 0.15) is 35.4 Å². The molecule has 2 aromatic carbocycles. The third-order valence-corrected chi connectivity index (χ3v) is 7.81. The van der Waals surface area contributed by atoms with Gasteiger partial charge < -0.3 is 0 Å². The molecule has 0 bridgehead atoms. The lowest BCUT2D eigenvalue weighted by molar-refractivity contribution is 1.46. The molecule has 1 aliphatic carbocycles. The molecular formula is C28H12N4S2. The van der Waals surface area contributed by atoms with E-state index in [4.69, 9.17) is 0 Å². The fraction of sp³-hybridized carbons (Fsp3) is 0. The van der Waals surface area contributed by atoms with E-state index in [1.54, 1.807) is 22.7 Å². The summed E-state index contributed by atoms with van der Waals surface area (Å²) in [6, 6.07) is 29.6. The first-order valence-electron chi connectivity index (χ1n) is 10.2. The standard InChI is InChI=1S/C28H12N4S2/c29-13-18(14-30)27-21-8-4-5-9-22(21)28(19(15-31)16-32)23(27)10-20-11-25-26(33-20)12-24(34-25)17-6-2-1-3-7-17/h1-12H. The Kier molecular flexibility index (Phi) is 5.39. The fourth-order valence-electron chi connectivity index (χ4n) is 4.10. The maximum Gasteiger partial charge on any atom is 0.138 e. The number of hydrogen-bond donors (Lipinski definition) is 0. The number of rotatable bonds is 2. The summed E-state index contributed by atoms with van der Waals surface area (Å²) < 4.78 is 2.26. The fourth-order valence-corrected chi connectivity index (χ4v) is 6.46. The van der Waals surface area contributed by atoms with Crippen LogP contribution in [0.5, 0.6) is 0 Å². The number of benzene rings is 2. The molecule has 6 heteroatoms. The minimum Gasteiger partial charge on any atom is -0.192 e. The van der Waals surface area contributed by atoms with Gasteiger partial charge in [0, 0.05) is 30.3 Å². The van der Waals surface area contributed by atoms with Crippen molar-refractivity contribution in [3.05, 3.63) is 99.5 Å². The molecule has 2 aromatic heterocycles. The molecule has 0 amide bonds. The Balaban J connectivity index is 1.73. The lowest BCUT2D eigenvalue weighted by Gasteiger charge is -2.04. The Morgan fingerprint density at radius 1 is 0.647 bits per heavy atom. The molecule has 0 spiro atoms. The van der Waals surface area contributed by atoms with Crippen LogP contribution in [0.15, 0.2) is 83.4 Å². The number of nitriles is 4. The van der Waals surface area contributed by atoms with Crippen LogP contribution in [0, 0.1) is 45.3 Å². The van der Waals surface area contributed by atoms with E-state index >= 15 is 0 Å². The average Bonchev–Trinajstić information content (AvgIpc) is 3.53. The van der Waals surface area contributed by atoms with E-state index in [-0.39, 0.29) is 11.1 Å². The first-order chi connectivity index (χ1) is 16.7. The second kappa shape index (κ2) is 8.67. The van der Waals surface area contributed by atoms with Gasteiger partial charge in [-0.3, -0.25) is 0 Å². The SMILES string of the molecule is N#CC(C#N)=C1C(=Cc2cc3sc(-c4ccccc4)cc3s2)C(=C(C#N)C#N)c2ccccc21. The van der Waals surface area contributed by atoms with Gasteiger partial charge in [-0.15, -0.1) is 22.7 Å². The Morgan fingerprint density at radius 3 is 1.71 bits per heavy atom. The van der Waals surface area contributed by atoms with E-state index in [1.807, 2.05) is 72.8 Å². The third kappa shape index (κ3) is 3.41. The summed E-state index contributed by atoms with van der Waals surface area (Å²) in [5.41, 5.74) is 3.89. The predicted molar refractivity (Wildman–Crippen MR) is 136 cm³/mol. The highest BCUT2D eigenvalue weighted by atomic mass is 32.1. The zero-order chi connectivity index (χ0) is 23.7. The number of hydrogen-bond acceptors (Lipinski definition) is 6. The minimum atomic E-state index is -0.0475. The first kappa shape index (κ1) is 21.1. The third-order valence-electron chi connectivity index (χ3n) is 5.52. The van der Waals surface area contributed by atoms with Crippen LogP contribution in [0.2, 0.25) is 0 Å². The van der Waals surface area contributed by atoms with E-state index < -0.39 is 0 Å². The lowest BCUT2D eigenvalue weighted by Crippen LogP contribution is -1.89. The van der Waals surface area contributed by atoms with Gasteiger partial charge in [-0.2, -0.15) is 21.0 Å². The number of nitrogens with zero attached hydrogens (tertiary/aromatic N) is 4. The topological polar surface area (TPSA) is 95.2 Å². The molecule has 0 radical (unpaired) electrons. The molecule has 4 nitrogen and oxygen atoms in total. The van der Waals surface area contributed by atoms with Crippen molar-refractivity contribution in [2.45, 2.75) is 0 Å². The molecule has 156 valence electrons. The van der Waals surface area contributed by atoms with E-state index in [9.17, 15) is 21.0 Å². The second-order valence-electron chi connectivity index (χ2n) is 7.40. The smallest absolute Gasteiger partial charge is 0.138 e. The molecule has 0 unspecified atom stereocenters. The summed E-state index contributed by atoms with van der Waals surface area (Å²) in [5, 5.41) is 38.6. The van der Waals surface area contributed by atoms with Crippen LogP contribution in [0.3, 0.4) is 0 Å². The van der Waals surface area contributed by atoms with Crippen molar-refractivity contribution >= 4 is 49.3 Å². The van der Waals surface area contributed by atoms with Crippen LogP contribution in [0.4, 0.5) is 0 Å². The first-order valence-corrected chi connectivity index (χ1v) is 11.8. The maximum absolute atomic E-state index is 9.66. The minimum absolute atomic E-state index is 0.0475. The molecule has 5 rings (SSSR count). The van der Waals surface area contributed by atoms with Gasteiger partial charge in [-0.05, 0) is 40.5 Å². The van der Waals surface area contributed by atoms with Crippen molar-refractivity contribution in [2.24, 2.45) is 0 Å². The molecule has 2 heterocycles. The Bertz CT molecular complexity index is 1600. The van der Waals surface area contributed by atoms with Crippen LogP contribution in [0.25, 0.3) is 37.1 Å². The molecule has 0 atom stereocenters. The highest BCUT2D eigenvalue weighted by Crippen LogP contribution is 2.49. The van der Waals surface area contributed by atoms with Crippen molar-refractivity contribution < 1.29 is 0 Å². The Labute approximate surface area is 204 Å². The number of thiophene rings is 2. The summed E-state index contributed by atoms with van der Waals surface area (Å²) in [4.78, 5) is 2.10. The summed E-state index contributed by atoms with van der Waals surface area (Å²) >= 11 is 3.29. The molecule has 34 heavy (non-hydrogen) atoms. The molecule has 0 aliphatic heterocycles. The van der Waals surface area contributed by atoms with Crippen LogP contribution in [-0.2, 0) is 0 Å². The predicted octanol–water partition coefficient (Wildman–Crippen LogP) is 7.33. The van der Waals surface area contributed by atoms with Crippen molar-refractivity contribution in [3.8, 4) is 34.7 Å². The number of fused-ring (bicyclic) bond motifs is 2. The average molecular weight is 469 g/mol. The molecule has 0 fully saturated rings. The molecular weight excluding hydrogens is 456 g/mol. The van der Waals surface area contributed by atoms with Gasteiger partial charge >= 0.3 is 0 Å². The van der Waals surface area contributed by atoms with E-state index in [2.05, 4.69) is 24.3 Å². The summed E-state index contributed by atoms with van der Waals surface area (Å²) in [7, 11) is 0. The normalized spacial score (nSPS) is 11.8. The highest BCUT2D eigenvalue weighted by Gasteiger charge is 2.32. The van der Waals surface area contributed by atoms with Gasteiger partial charge in [0.15, 0.2) is 0 Å². The molecule has 1 aliphatic rings. The van der Waals surface area contributed by atoms with Crippen LogP contribution in [-0.4, -0.2) is 0 Å². The van der Waals surface area contributed by atoms with E-state index in [1.165, 1.54) is 4.88 Å². The highest BCUT2D eigenvalue weighted by molar-refractivity contribution is 7.29. The quantitative estimate of drug-likeness (QED) is 0.288. The molecule has 0 saturated heterocycles. The monoisotopic (exact) mass is 468 g/mol. The Morgan fingerprint density at radius 2 is 1.18 bits per heavy atom. The number of allylic oxidation sites excluding steroid dienone is 5. The van der Waals surface area contributed by atoms with Gasteiger partial charge in [0.25, 0.3) is 0 Å². The summed E-state index contributed by atoms with van der Waals surface area (Å²) in [5.74, 6) is 0. The van der Waals surface area contributed by atoms with Crippen molar-refractivity contribution in [1.29, 1.82) is 21.0 Å². The van der Waals surface area contributed by atoms with Gasteiger partial charge in [-0.25, -0.2) is 0 Å². The summed E-state index contributed by atoms with van der Waals surface area (Å²) in [6.07, 6.45) is 1.88. The zero-order valence-corrected chi connectivity index (χ0v) is 19.2. The van der Waals surface area contributed by atoms with Crippen LogP contribution < -0.4 is 0 Å². The van der Waals surface area contributed by atoms with Crippen molar-refractivity contribution in [2.75, 3.05) is 0 Å². The van der Waals surface area contributed by atoms with E-state index in [0.29, 0.717) is 27.8 Å². The van der Waals surface area contributed by atoms with Crippen molar-refractivity contribution in [3.63, 3.8) is 0 Å². The molecule has 4 aromatic rings. The van der Waals surface area contributed by atoms with E-state index in [0.717, 1.165) is 19.8 Å². The van der Waals surface area contributed by atoms with Crippen LogP contribution >= 0.6 is 22.7 Å². The van der Waals surface area contributed by atoms with Crippen molar-refractivity contribution in [1.82, 2.24) is 0 Å². The zero-order valence-electron chi connectivity index (χ0n) is 17.5. The van der Waals surface area contributed by atoms with Gasteiger partial charge in [-0.1, -0.05) is 54.6 Å².